The van der Waals surface area contributed by atoms with Crippen molar-refractivity contribution in [1.29, 1.82) is 0 Å². The van der Waals surface area contributed by atoms with E-state index in [0.29, 0.717) is 0 Å². The van der Waals surface area contributed by atoms with E-state index in [1.165, 1.54) is 12.8 Å². The summed E-state index contributed by atoms with van der Waals surface area (Å²) in [5.74, 6) is -0.688. The summed E-state index contributed by atoms with van der Waals surface area (Å²) >= 11 is 0. The SMILES string of the molecule is CCCCN(C)CCCCC(C)(C)C(=O)O. The molecule has 0 heterocycles. The second kappa shape index (κ2) is 7.66. The number of carbonyl (C=O) groups is 1. The summed E-state index contributed by atoms with van der Waals surface area (Å²) < 4.78 is 0. The lowest BCUT2D eigenvalue weighted by atomic mass is 9.87. The van der Waals surface area contributed by atoms with E-state index in [0.717, 1.165) is 32.4 Å². The summed E-state index contributed by atoms with van der Waals surface area (Å²) in [6, 6.07) is 0. The quantitative estimate of drug-likeness (QED) is 0.618. The van der Waals surface area contributed by atoms with Crippen molar-refractivity contribution in [3.05, 3.63) is 0 Å². The predicted molar refractivity (Wildman–Crippen MR) is 67.7 cm³/mol. The van der Waals surface area contributed by atoms with Gasteiger partial charge in [-0.15, -0.1) is 0 Å². The van der Waals surface area contributed by atoms with Gasteiger partial charge in [0.1, 0.15) is 0 Å². The van der Waals surface area contributed by atoms with Crippen LogP contribution in [0.15, 0.2) is 0 Å². The van der Waals surface area contributed by atoms with E-state index in [-0.39, 0.29) is 0 Å². The van der Waals surface area contributed by atoms with Crippen LogP contribution in [-0.2, 0) is 4.79 Å². The Balaban J connectivity index is 3.56. The minimum absolute atomic E-state index is 0.567. The van der Waals surface area contributed by atoms with Crippen molar-refractivity contribution in [1.82, 2.24) is 4.90 Å². The lowest BCUT2D eigenvalue weighted by molar-refractivity contribution is -0.147. The third-order valence-corrected chi connectivity index (χ3v) is 3.06. The van der Waals surface area contributed by atoms with Crippen LogP contribution in [0.25, 0.3) is 0 Å². The molecule has 0 aliphatic carbocycles. The maximum absolute atomic E-state index is 10.9. The van der Waals surface area contributed by atoms with Crippen LogP contribution in [-0.4, -0.2) is 36.1 Å². The van der Waals surface area contributed by atoms with Crippen LogP contribution < -0.4 is 0 Å². The number of unbranched alkanes of at least 4 members (excludes halogenated alkanes) is 2. The largest absolute Gasteiger partial charge is 0.481 e. The first-order valence-corrected chi connectivity index (χ1v) is 6.32. The van der Waals surface area contributed by atoms with Crippen LogP contribution in [0.3, 0.4) is 0 Å². The van der Waals surface area contributed by atoms with E-state index in [2.05, 4.69) is 18.9 Å². The van der Waals surface area contributed by atoms with Crippen molar-refractivity contribution < 1.29 is 9.90 Å². The Labute approximate surface area is 99.8 Å². The third-order valence-electron chi connectivity index (χ3n) is 3.06. The summed E-state index contributed by atoms with van der Waals surface area (Å²) in [6.45, 7) is 8.03. The molecule has 16 heavy (non-hydrogen) atoms. The molecule has 0 aromatic heterocycles. The molecule has 0 aliphatic rings. The fraction of sp³-hybridized carbons (Fsp3) is 0.923. The molecule has 0 unspecified atom stereocenters. The van der Waals surface area contributed by atoms with Gasteiger partial charge < -0.3 is 10.0 Å². The van der Waals surface area contributed by atoms with Crippen LogP contribution >= 0.6 is 0 Å². The highest BCUT2D eigenvalue weighted by molar-refractivity contribution is 5.73. The van der Waals surface area contributed by atoms with E-state index in [1.807, 2.05) is 0 Å². The zero-order chi connectivity index (χ0) is 12.6. The minimum Gasteiger partial charge on any atom is -0.481 e. The van der Waals surface area contributed by atoms with E-state index >= 15 is 0 Å². The highest BCUT2D eigenvalue weighted by Crippen LogP contribution is 2.23. The number of carboxylic acids is 1. The first-order valence-electron chi connectivity index (χ1n) is 6.32. The van der Waals surface area contributed by atoms with E-state index in [9.17, 15) is 4.79 Å². The van der Waals surface area contributed by atoms with Crippen LogP contribution in [0.1, 0.15) is 52.9 Å². The number of carboxylic acid groups (broad SMARTS) is 1. The molecule has 3 nitrogen and oxygen atoms in total. The number of hydrogen-bond donors (Lipinski definition) is 1. The third kappa shape index (κ3) is 6.83. The topological polar surface area (TPSA) is 40.5 Å². The lowest BCUT2D eigenvalue weighted by Crippen LogP contribution is -2.24. The van der Waals surface area contributed by atoms with Gasteiger partial charge in [-0.2, -0.15) is 0 Å². The Morgan fingerprint density at radius 2 is 1.75 bits per heavy atom. The Morgan fingerprint density at radius 1 is 1.19 bits per heavy atom. The first-order chi connectivity index (χ1) is 7.40. The van der Waals surface area contributed by atoms with Crippen LogP contribution in [0.5, 0.6) is 0 Å². The number of hydrogen-bond acceptors (Lipinski definition) is 2. The average molecular weight is 229 g/mol. The molecule has 0 aliphatic heterocycles. The highest BCUT2D eigenvalue weighted by atomic mass is 16.4. The zero-order valence-electron chi connectivity index (χ0n) is 11.3. The molecule has 0 amide bonds. The van der Waals surface area contributed by atoms with Crippen molar-refractivity contribution in [2.75, 3.05) is 20.1 Å². The zero-order valence-corrected chi connectivity index (χ0v) is 11.3. The van der Waals surface area contributed by atoms with E-state index < -0.39 is 11.4 Å². The normalized spacial score (nSPS) is 12.1. The molecule has 0 bridgehead atoms. The molecule has 0 atom stereocenters. The van der Waals surface area contributed by atoms with Gasteiger partial charge >= 0.3 is 5.97 Å². The van der Waals surface area contributed by atoms with Crippen molar-refractivity contribution in [3.8, 4) is 0 Å². The Morgan fingerprint density at radius 3 is 2.25 bits per heavy atom. The van der Waals surface area contributed by atoms with Gasteiger partial charge in [-0.1, -0.05) is 19.8 Å². The smallest absolute Gasteiger partial charge is 0.309 e. The van der Waals surface area contributed by atoms with Crippen molar-refractivity contribution >= 4 is 5.97 Å². The van der Waals surface area contributed by atoms with Gasteiger partial charge in [0.2, 0.25) is 0 Å². The Kier molecular flexibility index (Phi) is 7.39. The van der Waals surface area contributed by atoms with Crippen LogP contribution in [0, 0.1) is 5.41 Å². The predicted octanol–water partition coefficient (Wildman–Crippen LogP) is 3.00. The van der Waals surface area contributed by atoms with Gasteiger partial charge in [0.15, 0.2) is 0 Å². The molecule has 0 aromatic carbocycles. The van der Waals surface area contributed by atoms with E-state index in [1.54, 1.807) is 13.8 Å². The molecule has 0 aromatic rings. The molecule has 0 rings (SSSR count). The molecular weight excluding hydrogens is 202 g/mol. The van der Waals surface area contributed by atoms with Gasteiger partial charge in [0.05, 0.1) is 5.41 Å². The standard InChI is InChI=1S/C13H27NO2/c1-5-6-10-14(4)11-8-7-9-13(2,3)12(15)16/h5-11H2,1-4H3,(H,15,16). The second-order valence-corrected chi connectivity index (χ2v) is 5.30. The molecule has 1 N–H and O–H groups in total. The maximum atomic E-state index is 10.9. The van der Waals surface area contributed by atoms with Gasteiger partial charge in [0.25, 0.3) is 0 Å². The van der Waals surface area contributed by atoms with Crippen molar-refractivity contribution in [2.24, 2.45) is 5.41 Å². The van der Waals surface area contributed by atoms with Crippen LogP contribution in [0.2, 0.25) is 0 Å². The Bertz CT molecular complexity index is 202. The van der Waals surface area contributed by atoms with E-state index in [4.69, 9.17) is 5.11 Å². The maximum Gasteiger partial charge on any atom is 0.309 e. The molecule has 0 spiro atoms. The lowest BCUT2D eigenvalue weighted by Gasteiger charge is -2.20. The Hall–Kier alpha value is -0.570. The summed E-state index contributed by atoms with van der Waals surface area (Å²) in [7, 11) is 2.14. The van der Waals surface area contributed by atoms with Gasteiger partial charge in [0, 0.05) is 0 Å². The second-order valence-electron chi connectivity index (χ2n) is 5.30. The summed E-state index contributed by atoms with van der Waals surface area (Å²) in [5, 5.41) is 8.96. The number of nitrogens with zero attached hydrogens (tertiary/aromatic N) is 1. The summed E-state index contributed by atoms with van der Waals surface area (Å²) in [5.41, 5.74) is -0.567. The molecule has 0 radical (unpaired) electrons. The molecule has 0 fully saturated rings. The fourth-order valence-corrected chi connectivity index (χ4v) is 1.60. The van der Waals surface area contributed by atoms with Gasteiger partial charge in [-0.3, -0.25) is 4.79 Å². The fourth-order valence-electron chi connectivity index (χ4n) is 1.60. The van der Waals surface area contributed by atoms with Crippen molar-refractivity contribution in [3.63, 3.8) is 0 Å². The monoisotopic (exact) mass is 229 g/mol. The number of aliphatic carboxylic acids is 1. The average Bonchev–Trinajstić information content (AvgIpc) is 2.21. The molecule has 0 saturated heterocycles. The molecule has 96 valence electrons. The first kappa shape index (κ1) is 15.4. The summed E-state index contributed by atoms with van der Waals surface area (Å²) in [6.07, 6.45) is 5.34. The molecular formula is C13H27NO2. The number of rotatable bonds is 9. The molecule has 3 heteroatoms. The van der Waals surface area contributed by atoms with Crippen molar-refractivity contribution in [2.45, 2.75) is 52.9 Å². The van der Waals surface area contributed by atoms with Crippen LogP contribution in [0.4, 0.5) is 0 Å². The van der Waals surface area contributed by atoms with Gasteiger partial charge in [-0.25, -0.2) is 0 Å². The van der Waals surface area contributed by atoms with Gasteiger partial charge in [-0.05, 0) is 53.2 Å². The summed E-state index contributed by atoms with van der Waals surface area (Å²) in [4.78, 5) is 13.2. The molecule has 0 saturated carbocycles. The highest BCUT2D eigenvalue weighted by Gasteiger charge is 2.25. The minimum atomic E-state index is -0.688.